The molecule has 0 heterocycles. The van der Waals surface area contributed by atoms with Crippen molar-refractivity contribution in [2.45, 2.75) is 32.5 Å². The Balaban J connectivity index is 3.95. The maximum absolute atomic E-state index is 11.4. The van der Waals surface area contributed by atoms with Crippen LogP contribution in [0.25, 0.3) is 0 Å². The molecule has 23 heavy (non-hydrogen) atoms. The topological polar surface area (TPSA) is 105 Å². The van der Waals surface area contributed by atoms with Gasteiger partial charge in [-0.05, 0) is 13.8 Å². The Morgan fingerprint density at radius 2 is 1.17 bits per heavy atom. The molecule has 0 aromatic carbocycles. The normalized spacial score (nSPS) is 12.3. The molecule has 8 heteroatoms. The van der Waals surface area contributed by atoms with Gasteiger partial charge in [-0.1, -0.05) is 13.2 Å². The molecule has 0 radical (unpaired) electrons. The van der Waals surface area contributed by atoms with Gasteiger partial charge in [0.15, 0.2) is 0 Å². The summed E-state index contributed by atoms with van der Waals surface area (Å²) in [6.07, 6.45) is 0.0219. The van der Waals surface area contributed by atoms with Crippen molar-refractivity contribution < 1.29 is 38.1 Å². The Labute approximate surface area is 134 Å². The fraction of sp³-hybridized carbons (Fsp3) is 0.467. The molecule has 0 rings (SSSR count). The number of hydrogen-bond acceptors (Lipinski definition) is 8. The van der Waals surface area contributed by atoms with Gasteiger partial charge < -0.3 is 18.9 Å². The molecule has 0 amide bonds. The Morgan fingerprint density at radius 3 is 1.48 bits per heavy atom. The van der Waals surface area contributed by atoms with Crippen molar-refractivity contribution in [2.24, 2.45) is 0 Å². The number of carbonyl (C=O) groups excluding carboxylic acids is 4. The van der Waals surface area contributed by atoms with Gasteiger partial charge in [0, 0.05) is 12.2 Å². The van der Waals surface area contributed by atoms with Crippen molar-refractivity contribution in [1.29, 1.82) is 0 Å². The largest absolute Gasteiger partial charge is 0.461 e. The lowest BCUT2D eigenvalue weighted by atomic mass is 10.4. The van der Waals surface area contributed by atoms with Crippen molar-refractivity contribution in [3.05, 3.63) is 25.3 Å². The van der Waals surface area contributed by atoms with E-state index < -0.39 is 42.5 Å². The molecule has 0 N–H and O–H groups in total. The monoisotopic (exact) mass is 328 g/mol. The Hall–Kier alpha value is -2.64. The smallest absolute Gasteiger partial charge is 0.330 e. The van der Waals surface area contributed by atoms with Crippen LogP contribution in [0.2, 0.25) is 0 Å². The van der Waals surface area contributed by atoms with Crippen molar-refractivity contribution in [2.75, 3.05) is 13.2 Å². The van der Waals surface area contributed by atoms with Crippen LogP contribution < -0.4 is 0 Å². The molecule has 0 saturated carbocycles. The highest BCUT2D eigenvalue weighted by molar-refractivity contribution is 5.91. The van der Waals surface area contributed by atoms with E-state index in [1.54, 1.807) is 0 Å². The van der Waals surface area contributed by atoms with Crippen molar-refractivity contribution in [1.82, 2.24) is 0 Å². The van der Waals surface area contributed by atoms with Crippen molar-refractivity contribution in [3.8, 4) is 0 Å². The van der Waals surface area contributed by atoms with Crippen LogP contribution in [0.1, 0.15) is 20.3 Å². The first-order valence-electron chi connectivity index (χ1n) is 6.75. The van der Waals surface area contributed by atoms with Gasteiger partial charge in [0.05, 0.1) is 0 Å². The van der Waals surface area contributed by atoms with Crippen LogP contribution >= 0.6 is 0 Å². The van der Waals surface area contributed by atoms with E-state index in [1.807, 2.05) is 0 Å². The highest BCUT2D eigenvalue weighted by atomic mass is 16.6. The van der Waals surface area contributed by atoms with Gasteiger partial charge in [-0.15, -0.1) is 0 Å². The van der Waals surface area contributed by atoms with Crippen LogP contribution in [0.5, 0.6) is 0 Å². The number of esters is 4. The van der Waals surface area contributed by atoms with Gasteiger partial charge in [0.2, 0.25) is 0 Å². The Bertz CT molecular complexity index is 426. The predicted molar refractivity (Wildman–Crippen MR) is 78.0 cm³/mol. The molecule has 2 unspecified atom stereocenters. The summed E-state index contributed by atoms with van der Waals surface area (Å²) >= 11 is 0. The third-order valence-corrected chi connectivity index (χ3v) is 2.21. The Morgan fingerprint density at radius 1 is 0.826 bits per heavy atom. The van der Waals surface area contributed by atoms with E-state index in [2.05, 4.69) is 13.2 Å². The van der Waals surface area contributed by atoms with Gasteiger partial charge >= 0.3 is 23.9 Å². The molecule has 128 valence electrons. The fourth-order valence-electron chi connectivity index (χ4n) is 1.20. The zero-order valence-corrected chi connectivity index (χ0v) is 13.1. The summed E-state index contributed by atoms with van der Waals surface area (Å²) in [5.41, 5.74) is 0. The van der Waals surface area contributed by atoms with Gasteiger partial charge in [-0.3, -0.25) is 9.59 Å². The quantitative estimate of drug-likeness (QED) is 0.250. The van der Waals surface area contributed by atoms with E-state index in [-0.39, 0.29) is 13.2 Å². The van der Waals surface area contributed by atoms with E-state index in [0.717, 1.165) is 12.2 Å². The minimum Gasteiger partial charge on any atom is -0.461 e. The first kappa shape index (κ1) is 20.4. The van der Waals surface area contributed by atoms with E-state index in [0.29, 0.717) is 0 Å². The SMILES string of the molecule is C=CC(=O)OC(C)COC(=O)CC(=O)OCC(C)OC(=O)C=C. The molecule has 0 bridgehead atoms. The highest BCUT2D eigenvalue weighted by Gasteiger charge is 2.16. The molecular formula is C15H20O8. The van der Waals surface area contributed by atoms with Crippen LogP contribution in [-0.4, -0.2) is 49.3 Å². The van der Waals surface area contributed by atoms with Crippen LogP contribution in [0, 0.1) is 0 Å². The fourth-order valence-corrected chi connectivity index (χ4v) is 1.20. The Kier molecular flexibility index (Phi) is 9.74. The number of ether oxygens (including phenoxy) is 4. The van der Waals surface area contributed by atoms with E-state index in [4.69, 9.17) is 18.9 Å². The van der Waals surface area contributed by atoms with Gasteiger partial charge in [-0.25, -0.2) is 9.59 Å². The van der Waals surface area contributed by atoms with E-state index in [1.165, 1.54) is 13.8 Å². The lowest BCUT2D eigenvalue weighted by molar-refractivity contribution is -0.163. The van der Waals surface area contributed by atoms with Crippen LogP contribution in [0.3, 0.4) is 0 Å². The minimum absolute atomic E-state index is 0.195. The zero-order chi connectivity index (χ0) is 17.8. The van der Waals surface area contributed by atoms with Gasteiger partial charge in [0.25, 0.3) is 0 Å². The molecule has 0 spiro atoms. The lowest BCUT2D eigenvalue weighted by Gasteiger charge is -2.13. The molecule has 0 saturated heterocycles. The van der Waals surface area contributed by atoms with Crippen LogP contribution in [-0.2, 0) is 38.1 Å². The first-order valence-corrected chi connectivity index (χ1v) is 6.75. The first-order chi connectivity index (χ1) is 10.8. The molecule has 8 nitrogen and oxygen atoms in total. The lowest BCUT2D eigenvalue weighted by Crippen LogP contribution is -2.25. The maximum Gasteiger partial charge on any atom is 0.330 e. The maximum atomic E-state index is 11.4. The standard InChI is InChI=1S/C15H20O8/c1-5-12(16)22-10(3)8-20-14(18)7-15(19)21-9-11(4)23-13(17)6-2/h5-6,10-11H,1-2,7-9H2,3-4H3. The van der Waals surface area contributed by atoms with E-state index >= 15 is 0 Å². The van der Waals surface area contributed by atoms with Gasteiger partial charge in [0.1, 0.15) is 31.8 Å². The highest BCUT2D eigenvalue weighted by Crippen LogP contribution is 1.99. The second-order valence-corrected chi connectivity index (χ2v) is 4.45. The summed E-state index contributed by atoms with van der Waals surface area (Å²) in [5.74, 6) is -2.94. The summed E-state index contributed by atoms with van der Waals surface area (Å²) in [7, 11) is 0. The average Bonchev–Trinajstić information content (AvgIpc) is 2.50. The third kappa shape index (κ3) is 10.7. The summed E-state index contributed by atoms with van der Waals surface area (Å²) in [6.45, 7) is 9.09. The molecular weight excluding hydrogens is 308 g/mol. The van der Waals surface area contributed by atoms with Crippen molar-refractivity contribution in [3.63, 3.8) is 0 Å². The van der Waals surface area contributed by atoms with E-state index in [9.17, 15) is 19.2 Å². The molecule has 0 aliphatic rings. The molecule has 0 aliphatic carbocycles. The van der Waals surface area contributed by atoms with Gasteiger partial charge in [-0.2, -0.15) is 0 Å². The third-order valence-electron chi connectivity index (χ3n) is 2.21. The zero-order valence-electron chi connectivity index (χ0n) is 13.1. The second kappa shape index (κ2) is 11.0. The minimum atomic E-state index is -0.827. The van der Waals surface area contributed by atoms with Crippen LogP contribution in [0.4, 0.5) is 0 Å². The molecule has 0 aromatic heterocycles. The summed E-state index contributed by atoms with van der Waals surface area (Å²) < 4.78 is 19.1. The number of rotatable bonds is 10. The molecule has 2 atom stereocenters. The number of carbonyl (C=O) groups is 4. The summed E-state index contributed by atoms with van der Waals surface area (Å²) in [6, 6.07) is 0. The summed E-state index contributed by atoms with van der Waals surface area (Å²) in [4.78, 5) is 44.6. The van der Waals surface area contributed by atoms with Crippen molar-refractivity contribution >= 4 is 23.9 Å². The molecule has 0 aromatic rings. The summed E-state index contributed by atoms with van der Waals surface area (Å²) in [5, 5.41) is 0. The molecule has 0 fully saturated rings. The number of hydrogen-bond donors (Lipinski definition) is 0. The predicted octanol–water partition coefficient (Wildman–Crippen LogP) is 0.698. The molecule has 0 aliphatic heterocycles. The average molecular weight is 328 g/mol. The second-order valence-electron chi connectivity index (χ2n) is 4.45. The van der Waals surface area contributed by atoms with Crippen LogP contribution in [0.15, 0.2) is 25.3 Å².